The highest BCUT2D eigenvalue weighted by molar-refractivity contribution is 7.89. The van der Waals surface area contributed by atoms with Crippen molar-refractivity contribution in [3.8, 4) is 0 Å². The lowest BCUT2D eigenvalue weighted by molar-refractivity contribution is -0.150. The Morgan fingerprint density at radius 2 is 1.97 bits per heavy atom. The van der Waals surface area contributed by atoms with E-state index in [0.29, 0.717) is 32.8 Å². The molecule has 2 rings (SSSR count). The van der Waals surface area contributed by atoms with Crippen molar-refractivity contribution in [2.45, 2.75) is 51.5 Å². The predicted octanol–water partition coefficient (Wildman–Crippen LogP) is 2.97. The van der Waals surface area contributed by atoms with Crippen LogP contribution in [0.2, 0.25) is 5.02 Å². The van der Waals surface area contributed by atoms with Gasteiger partial charge in [-0.2, -0.15) is 4.31 Å². The molecule has 2 atom stereocenters. The summed E-state index contributed by atoms with van der Waals surface area (Å²) in [5.74, 6) is -0.809. The van der Waals surface area contributed by atoms with Crippen LogP contribution >= 0.6 is 11.6 Å². The van der Waals surface area contributed by atoms with Gasteiger partial charge in [-0.3, -0.25) is 14.5 Å². The van der Waals surface area contributed by atoms with E-state index in [0.717, 1.165) is 12.8 Å². The number of nitrogens with one attached hydrogen (secondary N) is 1. The monoisotopic (exact) mass is 473 g/mol. The number of halogens is 1. The number of amides is 1. The Labute approximate surface area is 189 Å². The second-order valence-electron chi connectivity index (χ2n) is 7.48. The van der Waals surface area contributed by atoms with Crippen molar-refractivity contribution in [2.24, 2.45) is 5.92 Å². The normalized spacial score (nSPS) is 18.6. The lowest BCUT2D eigenvalue weighted by Gasteiger charge is -2.35. The summed E-state index contributed by atoms with van der Waals surface area (Å²) in [6.07, 6.45) is 1.53. The van der Waals surface area contributed by atoms with Gasteiger partial charge in [0.2, 0.25) is 15.9 Å². The van der Waals surface area contributed by atoms with E-state index in [2.05, 4.69) is 5.32 Å². The molecule has 10 heteroatoms. The average molecular weight is 474 g/mol. The van der Waals surface area contributed by atoms with Gasteiger partial charge in [-0.1, -0.05) is 25.4 Å². The summed E-state index contributed by atoms with van der Waals surface area (Å²) in [4.78, 5) is 27.0. The van der Waals surface area contributed by atoms with Gasteiger partial charge in [0.1, 0.15) is 0 Å². The fourth-order valence-corrected chi connectivity index (χ4v) is 5.34. The number of piperidine rings is 1. The van der Waals surface area contributed by atoms with Crippen LogP contribution in [0.25, 0.3) is 0 Å². The van der Waals surface area contributed by atoms with Gasteiger partial charge in [0, 0.05) is 19.6 Å². The molecule has 31 heavy (non-hydrogen) atoms. The van der Waals surface area contributed by atoms with Crippen LogP contribution in [0, 0.1) is 5.92 Å². The predicted molar refractivity (Wildman–Crippen MR) is 121 cm³/mol. The smallest absolute Gasteiger partial charge is 0.310 e. The van der Waals surface area contributed by atoms with E-state index in [9.17, 15) is 18.0 Å². The Kier molecular flexibility index (Phi) is 9.29. The first-order valence-corrected chi connectivity index (χ1v) is 12.5. The molecule has 0 saturated carbocycles. The van der Waals surface area contributed by atoms with Crippen LogP contribution in [-0.2, 0) is 24.3 Å². The van der Waals surface area contributed by atoms with Crippen molar-refractivity contribution < 1.29 is 22.7 Å². The second kappa shape index (κ2) is 11.3. The topological polar surface area (TPSA) is 96.0 Å². The van der Waals surface area contributed by atoms with Crippen molar-refractivity contribution in [2.75, 3.05) is 38.1 Å². The van der Waals surface area contributed by atoms with Crippen LogP contribution in [-0.4, -0.2) is 68.3 Å². The number of benzene rings is 1. The van der Waals surface area contributed by atoms with Crippen LogP contribution < -0.4 is 5.32 Å². The van der Waals surface area contributed by atoms with Crippen LogP contribution in [0.1, 0.15) is 40.5 Å². The second-order valence-corrected chi connectivity index (χ2v) is 9.83. The maximum atomic E-state index is 12.9. The first-order chi connectivity index (χ1) is 14.6. The zero-order valence-corrected chi connectivity index (χ0v) is 20.1. The molecule has 0 bridgehead atoms. The highest BCUT2D eigenvalue weighted by atomic mass is 35.5. The summed E-state index contributed by atoms with van der Waals surface area (Å²) in [5.41, 5.74) is 0.241. The Balaban J connectivity index is 2.15. The summed E-state index contributed by atoms with van der Waals surface area (Å²) in [6, 6.07) is 3.77. The third-order valence-electron chi connectivity index (χ3n) is 5.54. The van der Waals surface area contributed by atoms with Crippen molar-refractivity contribution in [1.82, 2.24) is 9.21 Å². The SMILES string of the molecule is CCOC(=O)C1CCCN(C(C)C(=O)Nc2cc(S(=O)(=O)N(CC)CC)ccc2Cl)C1. The Bertz CT molecular complexity index is 889. The Morgan fingerprint density at radius 1 is 1.29 bits per heavy atom. The molecule has 1 fully saturated rings. The molecule has 8 nitrogen and oxygen atoms in total. The molecule has 1 amide bonds. The van der Waals surface area contributed by atoms with E-state index in [4.69, 9.17) is 16.3 Å². The summed E-state index contributed by atoms with van der Waals surface area (Å²) >= 11 is 6.23. The molecule has 1 aliphatic heterocycles. The van der Waals surface area contributed by atoms with Crippen molar-refractivity contribution in [3.05, 3.63) is 23.2 Å². The minimum atomic E-state index is -3.68. The lowest BCUT2D eigenvalue weighted by atomic mass is 9.97. The minimum Gasteiger partial charge on any atom is -0.466 e. The molecule has 1 heterocycles. The number of esters is 1. The number of rotatable bonds is 9. The van der Waals surface area contributed by atoms with Crippen LogP contribution in [0.4, 0.5) is 5.69 Å². The molecule has 1 N–H and O–H groups in total. The van der Waals surface area contributed by atoms with Crippen molar-refractivity contribution >= 4 is 39.2 Å². The third-order valence-corrected chi connectivity index (χ3v) is 7.91. The van der Waals surface area contributed by atoms with Gasteiger partial charge >= 0.3 is 5.97 Å². The number of anilines is 1. The number of hydrogen-bond donors (Lipinski definition) is 1. The maximum Gasteiger partial charge on any atom is 0.310 e. The number of carbonyl (C=O) groups is 2. The van der Waals surface area contributed by atoms with E-state index in [-0.39, 0.29) is 33.4 Å². The quantitative estimate of drug-likeness (QED) is 0.554. The van der Waals surface area contributed by atoms with Crippen LogP contribution in [0.3, 0.4) is 0 Å². The minimum absolute atomic E-state index is 0.0731. The molecule has 1 aromatic carbocycles. The highest BCUT2D eigenvalue weighted by Gasteiger charge is 2.32. The summed E-state index contributed by atoms with van der Waals surface area (Å²) in [6.45, 7) is 9.21. The molecule has 1 saturated heterocycles. The van der Waals surface area contributed by atoms with Crippen molar-refractivity contribution in [1.29, 1.82) is 0 Å². The van der Waals surface area contributed by atoms with E-state index >= 15 is 0 Å². The molecule has 0 aliphatic carbocycles. The first kappa shape index (κ1) is 25.6. The number of likely N-dealkylation sites (tertiary alicyclic amines) is 1. The van der Waals surface area contributed by atoms with E-state index < -0.39 is 16.1 Å². The van der Waals surface area contributed by atoms with Gasteiger partial charge in [0.05, 0.1) is 34.2 Å². The van der Waals surface area contributed by atoms with Crippen molar-refractivity contribution in [3.63, 3.8) is 0 Å². The summed E-state index contributed by atoms with van der Waals surface area (Å²) < 4.78 is 32.1. The standard InChI is InChI=1S/C21H32ClN3O5S/c1-5-25(6-2)31(28,29)17-10-11-18(22)19(13-17)23-20(26)15(4)24-12-8-9-16(14-24)21(27)30-7-3/h10-11,13,15-16H,5-9,12,14H2,1-4H3,(H,23,26). The highest BCUT2D eigenvalue weighted by Crippen LogP contribution is 2.28. The molecule has 1 aromatic rings. The van der Waals surface area contributed by atoms with Crippen LogP contribution in [0.5, 0.6) is 0 Å². The zero-order valence-electron chi connectivity index (χ0n) is 18.6. The maximum absolute atomic E-state index is 12.9. The molecular weight excluding hydrogens is 442 g/mol. The average Bonchev–Trinajstić information content (AvgIpc) is 2.75. The molecule has 1 aliphatic rings. The van der Waals surface area contributed by atoms with Gasteiger partial charge in [0.25, 0.3) is 0 Å². The molecule has 0 aromatic heterocycles. The summed E-state index contributed by atoms with van der Waals surface area (Å²) in [7, 11) is -3.68. The zero-order chi connectivity index (χ0) is 23.2. The third kappa shape index (κ3) is 6.19. The Hall–Kier alpha value is -1.68. The van der Waals surface area contributed by atoms with Gasteiger partial charge in [-0.05, 0) is 51.4 Å². The van der Waals surface area contributed by atoms with Gasteiger partial charge in [-0.15, -0.1) is 0 Å². The number of nitrogens with zero attached hydrogens (tertiary/aromatic N) is 2. The summed E-state index contributed by atoms with van der Waals surface area (Å²) in [5, 5.41) is 3.00. The molecule has 2 unspecified atom stereocenters. The first-order valence-electron chi connectivity index (χ1n) is 10.7. The van der Waals surface area contributed by atoms with Gasteiger partial charge < -0.3 is 10.1 Å². The molecule has 0 radical (unpaired) electrons. The number of carbonyl (C=O) groups excluding carboxylic acids is 2. The van der Waals surface area contributed by atoms with Gasteiger partial charge in [0.15, 0.2) is 0 Å². The number of hydrogen-bond acceptors (Lipinski definition) is 6. The molecular formula is C21H32ClN3O5S. The van der Waals surface area contributed by atoms with E-state index in [1.54, 1.807) is 27.7 Å². The van der Waals surface area contributed by atoms with Gasteiger partial charge in [-0.25, -0.2) is 8.42 Å². The van der Waals surface area contributed by atoms with Crippen LogP contribution in [0.15, 0.2) is 23.1 Å². The fraction of sp³-hybridized carbons (Fsp3) is 0.619. The molecule has 174 valence electrons. The largest absolute Gasteiger partial charge is 0.466 e. The lowest BCUT2D eigenvalue weighted by Crippen LogP contribution is -2.48. The Morgan fingerprint density at radius 3 is 2.58 bits per heavy atom. The number of sulfonamides is 1. The molecule has 0 spiro atoms. The van der Waals surface area contributed by atoms with E-state index in [1.807, 2.05) is 4.90 Å². The van der Waals surface area contributed by atoms with E-state index in [1.165, 1.54) is 22.5 Å². The fourth-order valence-electron chi connectivity index (χ4n) is 3.69. The number of ether oxygens (including phenoxy) is 1.